The van der Waals surface area contributed by atoms with Crippen LogP contribution in [0.15, 0.2) is 60.2 Å². The molecule has 2 aliphatic heterocycles. The van der Waals surface area contributed by atoms with Gasteiger partial charge < -0.3 is 20.2 Å². The molecule has 2 atom stereocenters. The van der Waals surface area contributed by atoms with Crippen LogP contribution in [-0.4, -0.2) is 44.9 Å². The van der Waals surface area contributed by atoms with Crippen molar-refractivity contribution in [2.75, 3.05) is 13.2 Å². The van der Waals surface area contributed by atoms with Crippen molar-refractivity contribution >= 4 is 11.4 Å². The van der Waals surface area contributed by atoms with Crippen molar-refractivity contribution in [3.05, 3.63) is 82.7 Å². The van der Waals surface area contributed by atoms with Gasteiger partial charge >= 0.3 is 0 Å². The van der Waals surface area contributed by atoms with Crippen LogP contribution < -0.4 is 5.32 Å². The minimum atomic E-state index is -0.0780. The number of ether oxygens (including phenoxy) is 2. The number of pyridine rings is 2. The molecule has 8 heteroatoms. The van der Waals surface area contributed by atoms with E-state index in [0.717, 1.165) is 120 Å². The van der Waals surface area contributed by atoms with Crippen LogP contribution in [0.1, 0.15) is 94.5 Å². The molecular formula is C39H48N6O2. The van der Waals surface area contributed by atoms with Gasteiger partial charge in [-0.25, -0.2) is 14.6 Å². The average molecular weight is 633 g/mol. The molecule has 0 aliphatic carbocycles. The fourth-order valence-electron chi connectivity index (χ4n) is 6.68. The number of hydrogen-bond donors (Lipinski definition) is 2. The van der Waals surface area contributed by atoms with E-state index in [0.29, 0.717) is 12.1 Å². The highest BCUT2D eigenvalue weighted by molar-refractivity contribution is 6.03. The van der Waals surface area contributed by atoms with E-state index in [1.807, 2.05) is 26.0 Å². The number of rotatable bonds is 10. The Labute approximate surface area is 279 Å². The molecule has 3 aromatic heterocycles. The van der Waals surface area contributed by atoms with Crippen LogP contribution >= 0.6 is 0 Å². The lowest BCUT2D eigenvalue weighted by atomic mass is 10.00. The highest BCUT2D eigenvalue weighted by Gasteiger charge is 2.25. The molecule has 0 spiro atoms. The minimum absolute atomic E-state index is 0.0603. The SMILES string of the molecule is CCC(=N)/C(C)=C(\NC1CCCCO1)c1cccc(-c2cc(C)cc(-c3cccc(-c4c(C)c(CC)nn4C4CCCCO4)n3)c2)n1. The normalized spacial score (nSPS) is 18.9. The largest absolute Gasteiger partial charge is 0.359 e. The van der Waals surface area contributed by atoms with E-state index in [9.17, 15) is 0 Å². The molecule has 47 heavy (non-hydrogen) atoms. The number of nitrogens with one attached hydrogen (secondary N) is 2. The Balaban J connectivity index is 1.37. The van der Waals surface area contributed by atoms with Crippen molar-refractivity contribution in [2.45, 2.75) is 98.4 Å². The summed E-state index contributed by atoms with van der Waals surface area (Å²) in [6.45, 7) is 12.0. The molecule has 1 aromatic carbocycles. The molecule has 0 saturated carbocycles. The zero-order valence-corrected chi connectivity index (χ0v) is 28.5. The second-order valence-electron chi connectivity index (χ2n) is 12.8. The smallest absolute Gasteiger partial charge is 0.150 e. The van der Waals surface area contributed by atoms with E-state index < -0.39 is 0 Å². The van der Waals surface area contributed by atoms with Gasteiger partial charge in [-0.2, -0.15) is 5.10 Å². The van der Waals surface area contributed by atoms with E-state index in [1.54, 1.807) is 0 Å². The zero-order chi connectivity index (χ0) is 32.9. The second-order valence-corrected chi connectivity index (χ2v) is 12.8. The summed E-state index contributed by atoms with van der Waals surface area (Å²) in [5, 5.41) is 17.2. The van der Waals surface area contributed by atoms with Crippen LogP contribution in [0.4, 0.5) is 0 Å². The third-order valence-corrected chi connectivity index (χ3v) is 9.34. The maximum absolute atomic E-state index is 8.60. The monoisotopic (exact) mass is 632 g/mol. The molecule has 5 heterocycles. The van der Waals surface area contributed by atoms with Crippen molar-refractivity contribution in [2.24, 2.45) is 0 Å². The first kappa shape index (κ1) is 32.8. The molecule has 8 nitrogen and oxygen atoms in total. The van der Waals surface area contributed by atoms with Gasteiger partial charge in [0.15, 0.2) is 6.23 Å². The van der Waals surface area contributed by atoms with Crippen LogP contribution in [0.2, 0.25) is 0 Å². The summed E-state index contributed by atoms with van der Waals surface area (Å²) in [7, 11) is 0. The first-order valence-electron chi connectivity index (χ1n) is 17.3. The van der Waals surface area contributed by atoms with Crippen LogP contribution in [0.3, 0.4) is 0 Å². The molecule has 2 saturated heterocycles. The summed E-state index contributed by atoms with van der Waals surface area (Å²) >= 11 is 0. The van der Waals surface area contributed by atoms with Gasteiger partial charge in [-0.15, -0.1) is 0 Å². The Morgan fingerprint density at radius 1 is 0.872 bits per heavy atom. The first-order valence-corrected chi connectivity index (χ1v) is 17.3. The molecule has 0 bridgehead atoms. The van der Waals surface area contributed by atoms with E-state index in [2.05, 4.69) is 73.2 Å². The lowest BCUT2D eigenvalue weighted by molar-refractivity contribution is -0.0386. The molecule has 0 radical (unpaired) electrons. The lowest BCUT2D eigenvalue weighted by Gasteiger charge is -2.27. The summed E-state index contributed by atoms with van der Waals surface area (Å²) < 4.78 is 14.3. The molecule has 2 aliphatic rings. The van der Waals surface area contributed by atoms with Crippen LogP contribution in [0, 0.1) is 19.3 Å². The highest BCUT2D eigenvalue weighted by atomic mass is 16.5. The van der Waals surface area contributed by atoms with Crippen LogP contribution in [0.5, 0.6) is 0 Å². The Kier molecular flexibility index (Phi) is 10.3. The quantitative estimate of drug-likeness (QED) is 0.170. The molecule has 246 valence electrons. The number of benzene rings is 1. The second kappa shape index (κ2) is 14.7. The Morgan fingerprint density at radius 2 is 1.55 bits per heavy atom. The molecule has 2 unspecified atom stereocenters. The number of allylic oxidation sites excluding steroid dienone is 1. The van der Waals surface area contributed by atoms with Gasteiger partial charge in [0, 0.05) is 30.1 Å². The summed E-state index contributed by atoms with van der Waals surface area (Å²) in [6.07, 6.45) is 7.73. The molecule has 6 rings (SSSR count). The lowest BCUT2D eigenvalue weighted by Crippen LogP contribution is -2.34. The van der Waals surface area contributed by atoms with Crippen molar-refractivity contribution in [3.8, 4) is 33.9 Å². The fourth-order valence-corrected chi connectivity index (χ4v) is 6.68. The Hall–Kier alpha value is -4.14. The number of nitrogens with zero attached hydrogens (tertiary/aromatic N) is 4. The van der Waals surface area contributed by atoms with Crippen LogP contribution in [-0.2, 0) is 15.9 Å². The standard InChI is InChI=1S/C39H48N6O2/c1-6-30(40)26(4)38(43-36-18-8-10-20-46-36)34-16-12-14-32(41-34)28-22-25(3)23-29(24-28)33-15-13-17-35(42-33)39-27(5)31(7-2)44-45(39)37-19-9-11-21-47-37/h12-17,22-24,36-37,40,43H,6-11,18-21H2,1-5H3/b38-26-,40-30?. The van der Waals surface area contributed by atoms with Crippen molar-refractivity contribution < 1.29 is 9.47 Å². The molecule has 0 amide bonds. The molecular weight excluding hydrogens is 584 g/mol. The van der Waals surface area contributed by atoms with Crippen molar-refractivity contribution in [1.29, 1.82) is 5.41 Å². The molecule has 4 aromatic rings. The van der Waals surface area contributed by atoms with Gasteiger partial charge in [0.1, 0.15) is 6.23 Å². The van der Waals surface area contributed by atoms with E-state index in [-0.39, 0.29) is 12.5 Å². The van der Waals surface area contributed by atoms with Gasteiger partial charge in [0.05, 0.1) is 39.9 Å². The van der Waals surface area contributed by atoms with Gasteiger partial charge in [-0.1, -0.05) is 26.0 Å². The predicted octanol–water partition coefficient (Wildman–Crippen LogP) is 8.83. The van der Waals surface area contributed by atoms with Crippen molar-refractivity contribution in [3.63, 3.8) is 0 Å². The fraction of sp³-hybridized carbons (Fsp3) is 0.436. The topological polar surface area (TPSA) is 97.9 Å². The highest BCUT2D eigenvalue weighted by Crippen LogP contribution is 2.34. The maximum atomic E-state index is 8.60. The first-order chi connectivity index (χ1) is 22.9. The van der Waals surface area contributed by atoms with Crippen molar-refractivity contribution in [1.82, 2.24) is 25.1 Å². The van der Waals surface area contributed by atoms with Gasteiger partial charge in [0.25, 0.3) is 0 Å². The average Bonchev–Trinajstić information content (AvgIpc) is 3.46. The van der Waals surface area contributed by atoms with Gasteiger partial charge in [-0.3, -0.25) is 0 Å². The summed E-state index contributed by atoms with van der Waals surface area (Å²) in [6, 6.07) is 18.9. The van der Waals surface area contributed by atoms with E-state index in [4.69, 9.17) is 29.9 Å². The van der Waals surface area contributed by atoms with E-state index >= 15 is 0 Å². The summed E-state index contributed by atoms with van der Waals surface area (Å²) in [5.74, 6) is 0. The maximum Gasteiger partial charge on any atom is 0.150 e. The summed E-state index contributed by atoms with van der Waals surface area (Å²) in [4.78, 5) is 10.4. The van der Waals surface area contributed by atoms with Crippen LogP contribution in [0.25, 0.3) is 39.6 Å². The minimum Gasteiger partial charge on any atom is -0.359 e. The molecule has 2 N–H and O–H groups in total. The third-order valence-electron chi connectivity index (χ3n) is 9.34. The summed E-state index contributed by atoms with van der Waals surface area (Å²) in [5.41, 5.74) is 12.4. The molecule has 2 fully saturated rings. The number of hydrogen-bond acceptors (Lipinski definition) is 7. The van der Waals surface area contributed by atoms with Gasteiger partial charge in [-0.05, 0) is 131 Å². The predicted molar refractivity (Wildman–Crippen MR) is 189 cm³/mol. The zero-order valence-electron chi connectivity index (χ0n) is 28.5. The Bertz CT molecular complexity index is 1760. The third kappa shape index (κ3) is 7.24. The Morgan fingerprint density at radius 3 is 2.21 bits per heavy atom. The number of aromatic nitrogens is 4. The number of aryl methyl sites for hydroxylation is 2. The van der Waals surface area contributed by atoms with E-state index in [1.165, 1.54) is 5.56 Å². The van der Waals surface area contributed by atoms with Gasteiger partial charge in [0.2, 0.25) is 0 Å².